The highest BCUT2D eigenvalue weighted by atomic mass is 32.2. The number of sulfonamides is 1. The van der Waals surface area contributed by atoms with Crippen molar-refractivity contribution >= 4 is 20.2 Å². The Morgan fingerprint density at radius 1 is 0.714 bits per heavy atom. The van der Waals surface area contributed by atoms with Crippen molar-refractivity contribution in [2.75, 3.05) is 65.2 Å². The smallest absolute Gasteiger partial charge is 0.282 e. The maximum absolute atomic E-state index is 12.6. The summed E-state index contributed by atoms with van der Waals surface area (Å²) in [6, 6.07) is 0. The van der Waals surface area contributed by atoms with Gasteiger partial charge < -0.3 is 4.90 Å². The normalized spacial score (nSPS) is 25.2. The largest absolute Gasteiger partial charge is 0.301 e. The maximum atomic E-state index is 12.6. The molecular formula is C11H24N4O4S2. The SMILES string of the molecule is CCN1CCN(S(=O)(=O)N2CCN(S(C)(=O)=O)CC2)CC1. The van der Waals surface area contributed by atoms with E-state index < -0.39 is 20.2 Å². The highest BCUT2D eigenvalue weighted by molar-refractivity contribution is 7.88. The molecule has 2 saturated heterocycles. The lowest BCUT2D eigenvalue weighted by Crippen LogP contribution is -2.57. The summed E-state index contributed by atoms with van der Waals surface area (Å²) in [7, 11) is -6.71. The van der Waals surface area contributed by atoms with Gasteiger partial charge in [-0.2, -0.15) is 21.3 Å². The van der Waals surface area contributed by atoms with Gasteiger partial charge in [0.2, 0.25) is 10.0 Å². The van der Waals surface area contributed by atoms with Gasteiger partial charge in [0, 0.05) is 52.4 Å². The van der Waals surface area contributed by atoms with Crippen LogP contribution in [0.4, 0.5) is 0 Å². The minimum absolute atomic E-state index is 0.226. The number of rotatable bonds is 4. The van der Waals surface area contributed by atoms with E-state index in [1.165, 1.54) is 12.9 Å². The summed E-state index contributed by atoms with van der Waals surface area (Å²) in [5.41, 5.74) is 0. The fraction of sp³-hybridized carbons (Fsp3) is 1.00. The van der Waals surface area contributed by atoms with Crippen LogP contribution < -0.4 is 0 Å². The van der Waals surface area contributed by atoms with Crippen molar-refractivity contribution in [2.45, 2.75) is 6.92 Å². The van der Waals surface area contributed by atoms with Gasteiger partial charge >= 0.3 is 0 Å². The van der Waals surface area contributed by atoms with E-state index in [-0.39, 0.29) is 26.2 Å². The molecule has 2 rings (SSSR count). The monoisotopic (exact) mass is 340 g/mol. The Labute approximate surface area is 127 Å². The van der Waals surface area contributed by atoms with Crippen molar-refractivity contribution in [3.05, 3.63) is 0 Å². The number of hydrogen-bond donors (Lipinski definition) is 0. The molecule has 2 aliphatic heterocycles. The van der Waals surface area contributed by atoms with Crippen LogP contribution in [-0.4, -0.2) is 99.8 Å². The standard InChI is InChI=1S/C11H24N4O4S2/c1-3-12-4-6-14(7-5-12)21(18,19)15-10-8-13(9-11-15)20(2,16)17/h3-11H2,1-2H3. The summed E-state index contributed by atoms with van der Waals surface area (Å²) in [6.45, 7) is 6.41. The van der Waals surface area contributed by atoms with Crippen molar-refractivity contribution in [1.82, 2.24) is 17.8 Å². The minimum atomic E-state index is -3.47. The molecule has 0 amide bonds. The predicted octanol–water partition coefficient (Wildman–Crippen LogP) is -1.55. The van der Waals surface area contributed by atoms with Crippen LogP contribution in [0.2, 0.25) is 0 Å². The van der Waals surface area contributed by atoms with Crippen LogP contribution in [0.1, 0.15) is 6.92 Å². The summed E-state index contributed by atoms with van der Waals surface area (Å²) in [5.74, 6) is 0. The van der Waals surface area contributed by atoms with Crippen molar-refractivity contribution < 1.29 is 16.8 Å². The lowest BCUT2D eigenvalue weighted by molar-refractivity contribution is 0.182. The molecule has 124 valence electrons. The number of likely N-dealkylation sites (N-methyl/N-ethyl adjacent to an activating group) is 1. The molecule has 8 nitrogen and oxygen atoms in total. The van der Waals surface area contributed by atoms with Gasteiger partial charge in [0.15, 0.2) is 0 Å². The first-order valence-corrected chi connectivity index (χ1v) is 10.4. The Morgan fingerprint density at radius 3 is 1.48 bits per heavy atom. The first kappa shape index (κ1) is 17.1. The first-order valence-electron chi connectivity index (χ1n) is 7.18. The predicted molar refractivity (Wildman–Crippen MR) is 80.6 cm³/mol. The van der Waals surface area contributed by atoms with E-state index in [9.17, 15) is 16.8 Å². The summed E-state index contributed by atoms with van der Waals surface area (Å²) in [5, 5.41) is 0. The average Bonchev–Trinajstić information content (AvgIpc) is 2.46. The zero-order chi connectivity index (χ0) is 15.7. The topological polar surface area (TPSA) is 81.2 Å². The minimum Gasteiger partial charge on any atom is -0.301 e. The van der Waals surface area contributed by atoms with Gasteiger partial charge in [0.25, 0.3) is 10.2 Å². The van der Waals surface area contributed by atoms with Crippen LogP contribution in [0.25, 0.3) is 0 Å². The molecule has 0 saturated carbocycles. The second-order valence-electron chi connectivity index (χ2n) is 5.40. The van der Waals surface area contributed by atoms with E-state index in [1.54, 1.807) is 0 Å². The van der Waals surface area contributed by atoms with Gasteiger partial charge in [-0.1, -0.05) is 6.92 Å². The maximum Gasteiger partial charge on any atom is 0.282 e. The Kier molecular flexibility index (Phi) is 5.27. The Balaban J connectivity index is 1.96. The third-order valence-electron chi connectivity index (χ3n) is 4.10. The molecule has 0 atom stereocenters. The van der Waals surface area contributed by atoms with Crippen molar-refractivity contribution in [3.8, 4) is 0 Å². The van der Waals surface area contributed by atoms with Crippen molar-refractivity contribution in [1.29, 1.82) is 0 Å². The molecule has 2 aliphatic rings. The summed E-state index contributed by atoms with van der Waals surface area (Å²) in [4.78, 5) is 2.22. The number of nitrogens with zero attached hydrogens (tertiary/aromatic N) is 4. The molecule has 0 aromatic carbocycles. The van der Waals surface area contributed by atoms with E-state index in [0.29, 0.717) is 13.1 Å². The van der Waals surface area contributed by atoms with Gasteiger partial charge in [-0.3, -0.25) is 0 Å². The van der Waals surface area contributed by atoms with E-state index in [0.717, 1.165) is 25.9 Å². The van der Waals surface area contributed by atoms with E-state index in [1.807, 2.05) is 0 Å². The molecule has 0 spiro atoms. The number of hydrogen-bond acceptors (Lipinski definition) is 5. The molecule has 0 unspecified atom stereocenters. The zero-order valence-electron chi connectivity index (χ0n) is 12.6. The molecule has 0 aromatic heterocycles. The third-order valence-corrected chi connectivity index (χ3v) is 7.44. The van der Waals surface area contributed by atoms with Gasteiger partial charge in [-0.25, -0.2) is 8.42 Å². The Bertz CT molecular complexity index is 547. The van der Waals surface area contributed by atoms with E-state index in [2.05, 4.69) is 11.8 Å². The second kappa shape index (κ2) is 6.47. The summed E-state index contributed by atoms with van der Waals surface area (Å²) < 4.78 is 52.3. The third kappa shape index (κ3) is 3.93. The lowest BCUT2D eigenvalue weighted by atomic mass is 10.4. The Morgan fingerprint density at radius 2 is 1.10 bits per heavy atom. The molecule has 2 heterocycles. The highest BCUT2D eigenvalue weighted by Crippen LogP contribution is 2.15. The highest BCUT2D eigenvalue weighted by Gasteiger charge is 2.35. The van der Waals surface area contributed by atoms with Crippen LogP contribution in [0, 0.1) is 0 Å². The molecule has 10 heteroatoms. The quantitative estimate of drug-likeness (QED) is 0.619. The second-order valence-corrected chi connectivity index (χ2v) is 9.31. The summed E-state index contributed by atoms with van der Waals surface area (Å²) in [6.07, 6.45) is 1.15. The molecule has 0 radical (unpaired) electrons. The lowest BCUT2D eigenvalue weighted by Gasteiger charge is -2.39. The fourth-order valence-corrected chi connectivity index (χ4v) is 5.07. The van der Waals surface area contributed by atoms with Gasteiger partial charge in [-0.05, 0) is 6.54 Å². The fourth-order valence-electron chi connectivity index (χ4n) is 2.67. The van der Waals surface area contributed by atoms with Crippen molar-refractivity contribution in [3.63, 3.8) is 0 Å². The van der Waals surface area contributed by atoms with Gasteiger partial charge in [-0.15, -0.1) is 0 Å². The molecule has 0 aromatic rings. The molecule has 0 aliphatic carbocycles. The van der Waals surface area contributed by atoms with Gasteiger partial charge in [0.05, 0.1) is 6.26 Å². The van der Waals surface area contributed by atoms with Crippen molar-refractivity contribution in [2.24, 2.45) is 0 Å². The first-order chi connectivity index (χ1) is 9.75. The van der Waals surface area contributed by atoms with Crippen LogP contribution in [0.3, 0.4) is 0 Å². The van der Waals surface area contributed by atoms with Gasteiger partial charge in [0.1, 0.15) is 0 Å². The van der Waals surface area contributed by atoms with Crippen LogP contribution >= 0.6 is 0 Å². The van der Waals surface area contributed by atoms with Crippen LogP contribution in [0.5, 0.6) is 0 Å². The van der Waals surface area contributed by atoms with E-state index in [4.69, 9.17) is 0 Å². The number of piperazine rings is 2. The molecular weight excluding hydrogens is 316 g/mol. The van der Waals surface area contributed by atoms with Crippen LogP contribution in [0.15, 0.2) is 0 Å². The molecule has 0 bridgehead atoms. The Hall–Kier alpha value is -0.260. The van der Waals surface area contributed by atoms with Crippen LogP contribution in [-0.2, 0) is 20.2 Å². The zero-order valence-corrected chi connectivity index (χ0v) is 14.2. The summed E-state index contributed by atoms with van der Waals surface area (Å²) >= 11 is 0. The molecule has 2 fully saturated rings. The molecule has 0 N–H and O–H groups in total. The van der Waals surface area contributed by atoms with E-state index >= 15 is 0 Å². The average molecular weight is 340 g/mol. The molecule has 21 heavy (non-hydrogen) atoms.